The van der Waals surface area contributed by atoms with Crippen LogP contribution >= 0.6 is 0 Å². The summed E-state index contributed by atoms with van der Waals surface area (Å²) in [6, 6.07) is 0. The van der Waals surface area contributed by atoms with Crippen molar-refractivity contribution in [3.63, 3.8) is 0 Å². The van der Waals surface area contributed by atoms with Crippen molar-refractivity contribution in [2.24, 2.45) is 0 Å². The Balaban J connectivity index is 5.47. The van der Waals surface area contributed by atoms with E-state index < -0.39 is 0 Å². The average Bonchev–Trinajstić information content (AvgIpc) is 2.38. The highest BCUT2D eigenvalue weighted by Gasteiger charge is 2.08. The highest BCUT2D eigenvalue weighted by Crippen LogP contribution is 2.27. The van der Waals surface area contributed by atoms with E-state index >= 15 is 0 Å². The molecule has 0 N–H and O–H groups in total. The molecule has 0 fully saturated rings. The zero-order valence-electron chi connectivity index (χ0n) is 12.7. The molecule has 0 atom stereocenters. The van der Waals surface area contributed by atoms with Crippen LogP contribution in [-0.4, -0.2) is 0 Å². The second-order valence-corrected chi connectivity index (χ2v) is 4.44. The predicted molar refractivity (Wildman–Crippen MR) is 84.8 cm³/mol. The number of hydrogen-bond acceptors (Lipinski definition) is 0. The van der Waals surface area contributed by atoms with Crippen LogP contribution in [0.1, 0.15) is 53.9 Å². The molecule has 0 aliphatic heterocycles. The van der Waals surface area contributed by atoms with Gasteiger partial charge >= 0.3 is 0 Å². The van der Waals surface area contributed by atoms with Gasteiger partial charge in [-0.25, -0.2) is 0 Å². The maximum absolute atomic E-state index is 4.25. The highest BCUT2D eigenvalue weighted by molar-refractivity contribution is 5.55. The largest absolute Gasteiger partial charge is 0.0909 e. The van der Waals surface area contributed by atoms with Crippen LogP contribution in [0.15, 0.2) is 59.3 Å². The molecule has 0 aromatic rings. The van der Waals surface area contributed by atoms with E-state index in [0.29, 0.717) is 0 Å². The summed E-state index contributed by atoms with van der Waals surface area (Å²) in [6.07, 6.45) is 14.2. The van der Waals surface area contributed by atoms with Crippen molar-refractivity contribution in [1.29, 1.82) is 0 Å². The Morgan fingerprint density at radius 3 is 2.28 bits per heavy atom. The van der Waals surface area contributed by atoms with E-state index in [-0.39, 0.29) is 0 Å². The van der Waals surface area contributed by atoms with Crippen LogP contribution in [0.4, 0.5) is 0 Å². The summed E-state index contributed by atoms with van der Waals surface area (Å²) in [7, 11) is 0. The normalized spacial score (nSPS) is 14.4. The Bertz CT molecular complexity index is 373. The molecule has 0 amide bonds. The van der Waals surface area contributed by atoms with E-state index in [9.17, 15) is 0 Å². The van der Waals surface area contributed by atoms with Crippen LogP contribution in [-0.2, 0) is 0 Å². The first-order valence-corrected chi connectivity index (χ1v) is 6.97. The van der Waals surface area contributed by atoms with E-state index in [1.807, 2.05) is 6.92 Å². The van der Waals surface area contributed by atoms with Gasteiger partial charge in [0.15, 0.2) is 0 Å². The predicted octanol–water partition coefficient (Wildman–Crippen LogP) is 6.15. The molecule has 18 heavy (non-hydrogen) atoms. The summed E-state index contributed by atoms with van der Waals surface area (Å²) in [6.45, 7) is 14.9. The second-order valence-electron chi connectivity index (χ2n) is 4.44. The molecule has 0 radical (unpaired) electrons. The first-order chi connectivity index (χ1) is 8.62. The molecule has 0 saturated heterocycles. The van der Waals surface area contributed by atoms with Crippen molar-refractivity contribution in [3.05, 3.63) is 59.3 Å². The Morgan fingerprint density at radius 2 is 1.83 bits per heavy atom. The lowest BCUT2D eigenvalue weighted by Crippen LogP contribution is -1.96. The van der Waals surface area contributed by atoms with Crippen molar-refractivity contribution < 1.29 is 0 Å². The zero-order valence-corrected chi connectivity index (χ0v) is 12.7. The van der Waals surface area contributed by atoms with Gasteiger partial charge in [0.25, 0.3) is 0 Å². The molecule has 0 aliphatic carbocycles. The molecule has 0 nitrogen and oxygen atoms in total. The molecule has 0 rings (SSSR count). The summed E-state index contributed by atoms with van der Waals surface area (Å²) in [5, 5.41) is 0. The Kier molecular flexibility index (Phi) is 9.00. The van der Waals surface area contributed by atoms with E-state index in [4.69, 9.17) is 0 Å². The minimum Gasteiger partial charge on any atom is -0.0909 e. The molecule has 0 saturated carbocycles. The van der Waals surface area contributed by atoms with Crippen molar-refractivity contribution in [2.75, 3.05) is 0 Å². The minimum atomic E-state index is 1.07. The third-order valence-corrected chi connectivity index (χ3v) is 3.01. The lowest BCUT2D eigenvalue weighted by Gasteiger charge is -2.15. The van der Waals surface area contributed by atoms with Gasteiger partial charge < -0.3 is 0 Å². The third-order valence-electron chi connectivity index (χ3n) is 3.01. The Hall–Kier alpha value is -1.30. The SMILES string of the molecule is C=C(C(C)=CC)C(=CC=CC)C(=CCC)CCC. The van der Waals surface area contributed by atoms with Crippen molar-refractivity contribution in [1.82, 2.24) is 0 Å². The molecule has 0 heterocycles. The number of rotatable bonds is 7. The first kappa shape index (κ1) is 16.7. The summed E-state index contributed by atoms with van der Waals surface area (Å²) < 4.78 is 0. The van der Waals surface area contributed by atoms with Gasteiger partial charge in [0.05, 0.1) is 0 Å². The quantitative estimate of drug-likeness (QED) is 0.471. The van der Waals surface area contributed by atoms with Crippen LogP contribution in [0.25, 0.3) is 0 Å². The van der Waals surface area contributed by atoms with Crippen molar-refractivity contribution in [2.45, 2.75) is 53.9 Å². The van der Waals surface area contributed by atoms with Crippen LogP contribution in [0.5, 0.6) is 0 Å². The Morgan fingerprint density at radius 1 is 1.17 bits per heavy atom. The molecule has 0 aromatic carbocycles. The molecular formula is C18H28. The van der Waals surface area contributed by atoms with E-state index in [1.54, 1.807) is 0 Å². The van der Waals surface area contributed by atoms with Gasteiger partial charge in [0, 0.05) is 0 Å². The zero-order chi connectivity index (χ0) is 14.0. The van der Waals surface area contributed by atoms with Crippen LogP contribution < -0.4 is 0 Å². The fraction of sp³-hybridized carbons (Fsp3) is 0.444. The summed E-state index contributed by atoms with van der Waals surface area (Å²) in [5.41, 5.74) is 5.10. The van der Waals surface area contributed by atoms with E-state index in [2.05, 4.69) is 64.7 Å². The summed E-state index contributed by atoms with van der Waals surface area (Å²) in [4.78, 5) is 0. The van der Waals surface area contributed by atoms with Crippen molar-refractivity contribution >= 4 is 0 Å². The molecular weight excluding hydrogens is 216 g/mol. The summed E-state index contributed by atoms with van der Waals surface area (Å²) >= 11 is 0. The van der Waals surface area contributed by atoms with E-state index in [0.717, 1.165) is 18.4 Å². The fourth-order valence-electron chi connectivity index (χ4n) is 1.84. The molecule has 100 valence electrons. The van der Waals surface area contributed by atoms with Gasteiger partial charge in [0.2, 0.25) is 0 Å². The summed E-state index contributed by atoms with van der Waals surface area (Å²) in [5.74, 6) is 0. The maximum Gasteiger partial charge on any atom is -0.0159 e. The number of allylic oxidation sites excluding steroid dienone is 9. The monoisotopic (exact) mass is 244 g/mol. The fourth-order valence-corrected chi connectivity index (χ4v) is 1.84. The molecule has 0 aliphatic rings. The van der Waals surface area contributed by atoms with Gasteiger partial charge in [0.1, 0.15) is 0 Å². The van der Waals surface area contributed by atoms with Crippen molar-refractivity contribution in [3.8, 4) is 0 Å². The van der Waals surface area contributed by atoms with Crippen LogP contribution in [0.3, 0.4) is 0 Å². The number of hydrogen-bond donors (Lipinski definition) is 0. The lowest BCUT2D eigenvalue weighted by atomic mass is 9.90. The molecule has 0 unspecified atom stereocenters. The average molecular weight is 244 g/mol. The highest BCUT2D eigenvalue weighted by atomic mass is 14.1. The van der Waals surface area contributed by atoms with E-state index in [1.165, 1.54) is 23.1 Å². The molecule has 0 spiro atoms. The van der Waals surface area contributed by atoms with Gasteiger partial charge in [-0.3, -0.25) is 0 Å². The van der Waals surface area contributed by atoms with Crippen LogP contribution in [0.2, 0.25) is 0 Å². The first-order valence-electron chi connectivity index (χ1n) is 6.97. The molecule has 0 aromatic heterocycles. The minimum absolute atomic E-state index is 1.07. The maximum atomic E-state index is 4.25. The molecule has 0 bridgehead atoms. The standard InChI is InChI=1S/C18H28/c1-7-11-14-18(16(6)15(5)10-4)17(12-8-2)13-9-3/h7,10-12,14H,6,8-9,13H2,1-5H3. The van der Waals surface area contributed by atoms with Gasteiger partial charge in [-0.15, -0.1) is 0 Å². The third kappa shape index (κ3) is 5.35. The van der Waals surface area contributed by atoms with Gasteiger partial charge in [-0.1, -0.05) is 57.2 Å². The second kappa shape index (κ2) is 9.70. The Labute approximate surface area is 113 Å². The smallest absolute Gasteiger partial charge is 0.0159 e. The lowest BCUT2D eigenvalue weighted by molar-refractivity contribution is 0.905. The van der Waals surface area contributed by atoms with Crippen LogP contribution in [0, 0.1) is 0 Å². The topological polar surface area (TPSA) is 0 Å². The van der Waals surface area contributed by atoms with Gasteiger partial charge in [-0.05, 0) is 55.9 Å². The molecule has 0 heteroatoms. The van der Waals surface area contributed by atoms with Gasteiger partial charge in [-0.2, -0.15) is 0 Å².